The Morgan fingerprint density at radius 1 is 0.941 bits per heavy atom. The van der Waals surface area contributed by atoms with Crippen molar-refractivity contribution in [2.75, 3.05) is 7.11 Å². The van der Waals surface area contributed by atoms with Crippen molar-refractivity contribution in [3.05, 3.63) is 107 Å². The first-order valence-electron chi connectivity index (χ1n) is 10.5. The van der Waals surface area contributed by atoms with Crippen molar-refractivity contribution in [1.82, 2.24) is 14.5 Å². The molecule has 0 amide bonds. The van der Waals surface area contributed by atoms with Crippen molar-refractivity contribution in [1.29, 1.82) is 0 Å². The molecule has 0 atom stereocenters. The molecule has 5 aromatic rings. The molecule has 0 aliphatic heterocycles. The summed E-state index contributed by atoms with van der Waals surface area (Å²) in [6, 6.07) is 23.4. The summed E-state index contributed by atoms with van der Waals surface area (Å²) in [5.74, 6) is -1.15. The number of nitrogens with zero attached hydrogens (tertiary/aromatic N) is 3. The van der Waals surface area contributed by atoms with Crippen LogP contribution in [0.5, 0.6) is 5.75 Å². The second-order valence-electron chi connectivity index (χ2n) is 7.55. The summed E-state index contributed by atoms with van der Waals surface area (Å²) in [5.41, 5.74) is 2.36. The number of pyridine rings is 3. The maximum atomic E-state index is 13.9. The van der Waals surface area contributed by atoms with E-state index in [1.165, 1.54) is 11.7 Å². The summed E-state index contributed by atoms with van der Waals surface area (Å²) in [6.45, 7) is 0. The van der Waals surface area contributed by atoms with Crippen LogP contribution in [0.15, 0.2) is 96.1 Å². The minimum absolute atomic E-state index is 0.244. The molecule has 0 aliphatic rings. The second kappa shape index (κ2) is 8.63. The van der Waals surface area contributed by atoms with Gasteiger partial charge in [0.2, 0.25) is 0 Å². The van der Waals surface area contributed by atoms with Gasteiger partial charge < -0.3 is 9.84 Å². The van der Waals surface area contributed by atoms with E-state index in [1.807, 2.05) is 48.5 Å². The van der Waals surface area contributed by atoms with Crippen LogP contribution >= 0.6 is 0 Å². The normalized spacial score (nSPS) is 10.9. The SMILES string of the molecule is COC(=O)c1nc(-c2cccnc2)c2c(cc(-c3ccccc3)c(=O)n2-c2ccccc2)c1O. The minimum atomic E-state index is -0.789. The molecule has 7 heteroatoms. The fourth-order valence-electron chi connectivity index (χ4n) is 3.97. The lowest BCUT2D eigenvalue weighted by atomic mass is 10.0. The number of carbonyl (C=O) groups is 1. The molecule has 0 unspecified atom stereocenters. The monoisotopic (exact) mass is 449 g/mol. The number of carbonyl (C=O) groups excluding carboxylic acids is 1. The molecule has 0 fully saturated rings. The van der Waals surface area contributed by atoms with Gasteiger partial charge in [0.05, 0.1) is 18.3 Å². The number of para-hydroxylation sites is 1. The van der Waals surface area contributed by atoms with Crippen molar-refractivity contribution in [2.24, 2.45) is 0 Å². The van der Waals surface area contributed by atoms with Crippen LogP contribution in [-0.2, 0) is 4.74 Å². The van der Waals surface area contributed by atoms with Crippen molar-refractivity contribution in [2.45, 2.75) is 0 Å². The van der Waals surface area contributed by atoms with E-state index in [1.54, 1.807) is 42.7 Å². The summed E-state index contributed by atoms with van der Waals surface area (Å²) in [4.78, 5) is 35.0. The first-order valence-corrected chi connectivity index (χ1v) is 10.5. The highest BCUT2D eigenvalue weighted by atomic mass is 16.5. The van der Waals surface area contributed by atoms with Crippen molar-refractivity contribution >= 4 is 16.9 Å². The molecule has 7 nitrogen and oxygen atoms in total. The Labute approximate surface area is 194 Å². The standard InChI is InChI=1S/C27H19N3O4/c1-34-27(33)23-25(31)21-15-20(17-9-4-2-5-10-17)26(32)30(19-12-6-3-7-13-19)24(21)22(29-23)18-11-8-14-28-16-18/h2-16,31H,1H3. The molecule has 34 heavy (non-hydrogen) atoms. The Hall–Kier alpha value is -4.78. The van der Waals surface area contributed by atoms with Crippen LogP contribution in [-0.4, -0.2) is 32.7 Å². The summed E-state index contributed by atoms with van der Waals surface area (Å²) in [7, 11) is 1.22. The van der Waals surface area contributed by atoms with Crippen LogP contribution in [0.4, 0.5) is 0 Å². The average molecular weight is 449 g/mol. The largest absolute Gasteiger partial charge is 0.505 e. The number of rotatable bonds is 4. The zero-order valence-electron chi connectivity index (χ0n) is 18.2. The van der Waals surface area contributed by atoms with Crippen molar-refractivity contribution in [3.8, 4) is 33.8 Å². The predicted octanol–water partition coefficient (Wildman–Crippen LogP) is 4.61. The Balaban J connectivity index is 2.02. The Morgan fingerprint density at radius 2 is 1.62 bits per heavy atom. The van der Waals surface area contributed by atoms with Gasteiger partial charge in [-0.1, -0.05) is 48.5 Å². The van der Waals surface area contributed by atoms with Crippen LogP contribution < -0.4 is 5.56 Å². The van der Waals surface area contributed by atoms with Gasteiger partial charge in [-0.15, -0.1) is 0 Å². The maximum Gasteiger partial charge on any atom is 0.360 e. The third kappa shape index (κ3) is 3.49. The quantitative estimate of drug-likeness (QED) is 0.403. The third-order valence-corrected chi connectivity index (χ3v) is 5.54. The second-order valence-corrected chi connectivity index (χ2v) is 7.55. The fourth-order valence-corrected chi connectivity index (χ4v) is 3.97. The van der Waals surface area contributed by atoms with Gasteiger partial charge >= 0.3 is 5.97 Å². The van der Waals surface area contributed by atoms with Gasteiger partial charge in [0.25, 0.3) is 5.56 Å². The molecule has 0 radical (unpaired) electrons. The Kier molecular flexibility index (Phi) is 5.35. The predicted molar refractivity (Wildman–Crippen MR) is 129 cm³/mol. The maximum absolute atomic E-state index is 13.9. The molecular formula is C27H19N3O4. The van der Waals surface area contributed by atoms with E-state index in [9.17, 15) is 14.7 Å². The van der Waals surface area contributed by atoms with E-state index in [0.29, 0.717) is 33.6 Å². The Bertz CT molecular complexity index is 1560. The number of esters is 1. The summed E-state index contributed by atoms with van der Waals surface area (Å²) in [6.07, 6.45) is 3.20. The third-order valence-electron chi connectivity index (χ3n) is 5.54. The smallest absolute Gasteiger partial charge is 0.360 e. The molecule has 3 heterocycles. The number of hydrogen-bond acceptors (Lipinski definition) is 6. The first kappa shape index (κ1) is 21.1. The van der Waals surface area contributed by atoms with Gasteiger partial charge in [-0.25, -0.2) is 9.78 Å². The van der Waals surface area contributed by atoms with E-state index in [0.717, 1.165) is 0 Å². The number of aromatic hydroxyl groups is 1. The lowest BCUT2D eigenvalue weighted by Gasteiger charge is -2.18. The molecule has 0 bridgehead atoms. The molecule has 1 N–H and O–H groups in total. The zero-order valence-corrected chi connectivity index (χ0v) is 18.2. The van der Waals surface area contributed by atoms with Gasteiger partial charge in [-0.2, -0.15) is 0 Å². The van der Waals surface area contributed by atoms with Gasteiger partial charge in [-0.05, 0) is 35.9 Å². The first-order chi connectivity index (χ1) is 16.6. The van der Waals surface area contributed by atoms with Crippen LogP contribution in [0.1, 0.15) is 10.5 Å². The molecule has 166 valence electrons. The molecule has 2 aromatic carbocycles. The van der Waals surface area contributed by atoms with Gasteiger partial charge in [0.15, 0.2) is 11.4 Å². The van der Waals surface area contributed by atoms with Gasteiger partial charge in [0, 0.05) is 34.6 Å². The lowest BCUT2D eigenvalue weighted by molar-refractivity contribution is 0.0591. The molecule has 0 saturated heterocycles. The number of fused-ring (bicyclic) bond motifs is 1. The number of hydrogen-bond donors (Lipinski definition) is 1. The van der Waals surface area contributed by atoms with E-state index >= 15 is 0 Å². The number of ether oxygens (including phenoxy) is 1. The number of methoxy groups -OCH3 is 1. The van der Waals surface area contributed by atoms with Crippen molar-refractivity contribution in [3.63, 3.8) is 0 Å². The fraction of sp³-hybridized carbons (Fsp3) is 0.0370. The summed E-state index contributed by atoms with van der Waals surface area (Å²) in [5, 5.41) is 11.5. The van der Waals surface area contributed by atoms with Crippen molar-refractivity contribution < 1.29 is 14.6 Å². The van der Waals surface area contributed by atoms with Crippen LogP contribution in [0.2, 0.25) is 0 Å². The van der Waals surface area contributed by atoms with E-state index < -0.39 is 5.97 Å². The highest BCUT2D eigenvalue weighted by Crippen LogP contribution is 2.37. The number of aromatic nitrogens is 3. The van der Waals surface area contributed by atoms with E-state index in [4.69, 9.17) is 4.74 Å². The molecule has 3 aromatic heterocycles. The molecule has 0 aliphatic carbocycles. The van der Waals surface area contributed by atoms with Crippen LogP contribution in [0.25, 0.3) is 39.0 Å². The molecular weight excluding hydrogens is 430 g/mol. The van der Waals surface area contributed by atoms with Gasteiger partial charge in [-0.3, -0.25) is 14.3 Å². The number of benzene rings is 2. The van der Waals surface area contributed by atoms with E-state index in [2.05, 4.69) is 9.97 Å². The summed E-state index contributed by atoms with van der Waals surface area (Å²) >= 11 is 0. The molecule has 5 rings (SSSR count). The Morgan fingerprint density at radius 3 is 2.26 bits per heavy atom. The zero-order chi connectivity index (χ0) is 23.7. The topological polar surface area (TPSA) is 94.3 Å². The summed E-state index contributed by atoms with van der Waals surface area (Å²) < 4.78 is 6.37. The highest BCUT2D eigenvalue weighted by Gasteiger charge is 2.25. The van der Waals surface area contributed by atoms with Crippen LogP contribution in [0, 0.1) is 0 Å². The molecule has 0 saturated carbocycles. The van der Waals surface area contributed by atoms with E-state index in [-0.39, 0.29) is 22.4 Å². The molecule has 0 spiro atoms. The van der Waals surface area contributed by atoms with Gasteiger partial charge in [0.1, 0.15) is 0 Å². The average Bonchev–Trinajstić information content (AvgIpc) is 2.90. The highest BCUT2D eigenvalue weighted by molar-refractivity contribution is 6.04. The lowest BCUT2D eigenvalue weighted by Crippen LogP contribution is -2.22. The minimum Gasteiger partial charge on any atom is -0.505 e. The van der Waals surface area contributed by atoms with Crippen LogP contribution in [0.3, 0.4) is 0 Å².